The highest BCUT2D eigenvalue weighted by molar-refractivity contribution is 4.99. The van der Waals surface area contributed by atoms with Crippen molar-refractivity contribution in [3.63, 3.8) is 0 Å². The van der Waals surface area contributed by atoms with Gasteiger partial charge in [0.2, 0.25) is 0 Å². The van der Waals surface area contributed by atoms with Gasteiger partial charge in [0.1, 0.15) is 0 Å². The van der Waals surface area contributed by atoms with Crippen molar-refractivity contribution in [1.29, 1.82) is 0 Å². The molecule has 1 unspecified atom stereocenters. The van der Waals surface area contributed by atoms with E-state index >= 15 is 0 Å². The molecule has 0 aromatic rings. The predicted octanol–water partition coefficient (Wildman–Crippen LogP) is 2.04. The highest BCUT2D eigenvalue weighted by Crippen LogP contribution is 2.37. The Morgan fingerprint density at radius 3 is 2.11 bits per heavy atom. The van der Waals surface area contributed by atoms with E-state index in [4.69, 9.17) is 0 Å². The van der Waals surface area contributed by atoms with E-state index in [0.29, 0.717) is 17.5 Å². The highest BCUT2D eigenvalue weighted by atomic mass is 15.2. The molecule has 3 nitrogen and oxygen atoms in total. The maximum absolute atomic E-state index is 3.51. The van der Waals surface area contributed by atoms with Crippen molar-refractivity contribution in [2.75, 3.05) is 40.8 Å². The monoisotopic (exact) mass is 255 g/mol. The molecule has 1 atom stereocenters. The third-order valence-corrected chi connectivity index (χ3v) is 4.72. The molecule has 0 aromatic carbocycles. The smallest absolute Gasteiger partial charge is 0.0330 e. The van der Waals surface area contributed by atoms with Crippen LogP contribution < -0.4 is 5.32 Å². The third kappa shape index (κ3) is 3.69. The van der Waals surface area contributed by atoms with Gasteiger partial charge in [0.05, 0.1) is 0 Å². The molecule has 0 amide bonds. The number of hydrogen-bond acceptors (Lipinski definition) is 3. The molecule has 3 heteroatoms. The molecule has 18 heavy (non-hydrogen) atoms. The summed E-state index contributed by atoms with van der Waals surface area (Å²) >= 11 is 0. The summed E-state index contributed by atoms with van der Waals surface area (Å²) in [7, 11) is 6.77. The lowest BCUT2D eigenvalue weighted by molar-refractivity contribution is 0.00997. The largest absolute Gasteiger partial charge is 0.315 e. The molecule has 108 valence electrons. The Balaban J connectivity index is 2.57. The number of rotatable bonds is 8. The van der Waals surface area contributed by atoms with Crippen LogP contribution in [0.2, 0.25) is 0 Å². The molecule has 0 radical (unpaired) electrons. The summed E-state index contributed by atoms with van der Waals surface area (Å²) in [6.45, 7) is 10.2. The second kappa shape index (κ2) is 6.88. The average Bonchev–Trinajstić information content (AvgIpc) is 2.22. The SMILES string of the molecule is CCNCC(C(C)C)N(C)CC1(N(C)C)CCC1. The number of hydrogen-bond donors (Lipinski definition) is 1. The fraction of sp³-hybridized carbons (Fsp3) is 1.00. The van der Waals surface area contributed by atoms with Crippen LogP contribution in [0.4, 0.5) is 0 Å². The normalized spacial score (nSPS) is 20.5. The first-order valence-electron chi connectivity index (χ1n) is 7.51. The summed E-state index contributed by atoms with van der Waals surface area (Å²) in [6.07, 6.45) is 4.11. The number of nitrogens with one attached hydrogen (secondary N) is 1. The van der Waals surface area contributed by atoms with Crippen LogP contribution in [0.25, 0.3) is 0 Å². The molecule has 0 saturated heterocycles. The molecular formula is C15H33N3. The van der Waals surface area contributed by atoms with Gasteiger partial charge in [-0.1, -0.05) is 20.8 Å². The van der Waals surface area contributed by atoms with Crippen molar-refractivity contribution in [3.8, 4) is 0 Å². The maximum Gasteiger partial charge on any atom is 0.0330 e. The Kier molecular flexibility index (Phi) is 6.09. The second-order valence-corrected chi connectivity index (χ2v) is 6.51. The summed E-state index contributed by atoms with van der Waals surface area (Å²) in [5, 5.41) is 3.51. The average molecular weight is 255 g/mol. The van der Waals surface area contributed by atoms with Gasteiger partial charge in [0.25, 0.3) is 0 Å². The fourth-order valence-electron chi connectivity index (χ4n) is 3.11. The molecule has 1 aliphatic rings. The third-order valence-electron chi connectivity index (χ3n) is 4.72. The van der Waals surface area contributed by atoms with Gasteiger partial charge in [0, 0.05) is 24.7 Å². The Morgan fingerprint density at radius 2 is 1.78 bits per heavy atom. The molecule has 0 aromatic heterocycles. The lowest BCUT2D eigenvalue weighted by atomic mass is 9.75. The van der Waals surface area contributed by atoms with E-state index in [9.17, 15) is 0 Å². The molecule has 0 aliphatic heterocycles. The summed E-state index contributed by atoms with van der Waals surface area (Å²) < 4.78 is 0. The van der Waals surface area contributed by atoms with Crippen molar-refractivity contribution in [1.82, 2.24) is 15.1 Å². The van der Waals surface area contributed by atoms with Crippen molar-refractivity contribution in [3.05, 3.63) is 0 Å². The van der Waals surface area contributed by atoms with Gasteiger partial charge >= 0.3 is 0 Å². The number of nitrogens with zero attached hydrogens (tertiary/aromatic N) is 2. The summed E-state index contributed by atoms with van der Waals surface area (Å²) in [5.74, 6) is 0.702. The Labute approximate surface area is 114 Å². The van der Waals surface area contributed by atoms with Crippen molar-refractivity contribution in [2.45, 2.75) is 51.6 Å². The maximum atomic E-state index is 3.51. The summed E-state index contributed by atoms with van der Waals surface area (Å²) in [6, 6.07) is 0.641. The van der Waals surface area contributed by atoms with Gasteiger partial charge in [-0.2, -0.15) is 0 Å². The van der Waals surface area contributed by atoms with Crippen LogP contribution in [0.5, 0.6) is 0 Å². The van der Waals surface area contributed by atoms with Gasteiger partial charge in [-0.05, 0) is 52.9 Å². The Hall–Kier alpha value is -0.120. The molecular weight excluding hydrogens is 222 g/mol. The fourth-order valence-corrected chi connectivity index (χ4v) is 3.11. The van der Waals surface area contributed by atoms with Gasteiger partial charge < -0.3 is 15.1 Å². The molecule has 1 rings (SSSR count). The van der Waals surface area contributed by atoms with E-state index in [1.54, 1.807) is 0 Å². The molecule has 0 heterocycles. The van der Waals surface area contributed by atoms with Crippen molar-refractivity contribution < 1.29 is 0 Å². The standard InChI is InChI=1S/C15H33N3/c1-7-16-11-14(13(2)3)18(6)12-15(17(4)5)9-8-10-15/h13-14,16H,7-12H2,1-6H3. The van der Waals surface area contributed by atoms with Gasteiger partial charge in [-0.25, -0.2) is 0 Å². The second-order valence-electron chi connectivity index (χ2n) is 6.51. The van der Waals surface area contributed by atoms with E-state index in [-0.39, 0.29) is 0 Å². The zero-order valence-electron chi connectivity index (χ0n) is 13.3. The van der Waals surface area contributed by atoms with E-state index in [2.05, 4.69) is 57.0 Å². The lowest BCUT2D eigenvalue weighted by Gasteiger charge is -2.51. The van der Waals surface area contributed by atoms with Gasteiger partial charge in [-0.3, -0.25) is 0 Å². The predicted molar refractivity (Wildman–Crippen MR) is 80.1 cm³/mol. The van der Waals surface area contributed by atoms with Crippen molar-refractivity contribution in [2.24, 2.45) is 5.92 Å². The minimum atomic E-state index is 0.439. The van der Waals surface area contributed by atoms with Crippen molar-refractivity contribution >= 4 is 0 Å². The van der Waals surface area contributed by atoms with E-state index < -0.39 is 0 Å². The van der Waals surface area contributed by atoms with Gasteiger partial charge in [0.15, 0.2) is 0 Å². The molecule has 1 N–H and O–H groups in total. The highest BCUT2D eigenvalue weighted by Gasteiger charge is 2.40. The van der Waals surface area contributed by atoms with E-state index in [0.717, 1.165) is 13.1 Å². The zero-order valence-corrected chi connectivity index (χ0v) is 13.3. The zero-order chi connectivity index (χ0) is 13.8. The molecule has 0 bridgehead atoms. The first kappa shape index (κ1) is 15.9. The Bertz CT molecular complexity index is 234. The summed E-state index contributed by atoms with van der Waals surface area (Å²) in [4.78, 5) is 5.02. The minimum absolute atomic E-state index is 0.439. The molecule has 1 aliphatic carbocycles. The van der Waals surface area contributed by atoms with Crippen LogP contribution >= 0.6 is 0 Å². The first-order chi connectivity index (χ1) is 8.43. The van der Waals surface area contributed by atoms with Crippen LogP contribution in [0.1, 0.15) is 40.0 Å². The van der Waals surface area contributed by atoms with Crippen LogP contribution in [0.15, 0.2) is 0 Å². The molecule has 1 saturated carbocycles. The molecule has 1 fully saturated rings. The quantitative estimate of drug-likeness (QED) is 0.716. The topological polar surface area (TPSA) is 18.5 Å². The van der Waals surface area contributed by atoms with Gasteiger partial charge in [-0.15, -0.1) is 0 Å². The lowest BCUT2D eigenvalue weighted by Crippen LogP contribution is -2.59. The van der Waals surface area contributed by atoms with E-state index in [1.165, 1.54) is 25.8 Å². The Morgan fingerprint density at radius 1 is 1.17 bits per heavy atom. The van der Waals surface area contributed by atoms with E-state index in [1.807, 2.05) is 0 Å². The van der Waals surface area contributed by atoms with Crippen LogP contribution in [0, 0.1) is 5.92 Å². The number of likely N-dealkylation sites (N-methyl/N-ethyl adjacent to an activating group) is 3. The summed E-state index contributed by atoms with van der Waals surface area (Å²) in [5.41, 5.74) is 0.439. The van der Waals surface area contributed by atoms with Crippen LogP contribution in [0.3, 0.4) is 0 Å². The minimum Gasteiger partial charge on any atom is -0.315 e. The molecule has 0 spiro atoms. The van der Waals surface area contributed by atoms with Crippen LogP contribution in [-0.2, 0) is 0 Å². The first-order valence-corrected chi connectivity index (χ1v) is 7.51. The van der Waals surface area contributed by atoms with Crippen LogP contribution in [-0.4, -0.2) is 62.2 Å².